The minimum Gasteiger partial charge on any atom is -0.488 e. The summed E-state index contributed by atoms with van der Waals surface area (Å²) in [6.07, 6.45) is 1.95. The lowest BCUT2D eigenvalue weighted by atomic mass is 10.0. The fraction of sp³-hybridized carbons (Fsp3) is 0.636. The number of hydrogen-bond donors (Lipinski definition) is 2. The number of rotatable bonds is 6. The zero-order valence-corrected chi connectivity index (χ0v) is 17.9. The van der Waals surface area contributed by atoms with E-state index in [1.807, 2.05) is 39.2 Å². The van der Waals surface area contributed by atoms with Crippen molar-refractivity contribution in [3.63, 3.8) is 0 Å². The van der Waals surface area contributed by atoms with E-state index in [9.17, 15) is 14.7 Å². The number of likely N-dealkylation sites (N-methyl/N-ethyl adjacent to an activating group) is 1. The third kappa shape index (κ3) is 5.48. The highest BCUT2D eigenvalue weighted by Gasteiger charge is 2.32. The maximum Gasteiger partial charge on any atom is 0.227 e. The Morgan fingerprint density at radius 3 is 2.72 bits per heavy atom. The predicted octanol–water partition coefficient (Wildman–Crippen LogP) is 1.75. The SMILES string of the molecule is C[C@@H]1CN([C@H](C)CO)C(=O)Cc2cc(NC(=O)C3CC3)ccc2O[C@H]1CN(C)C. The Balaban J connectivity index is 1.91. The van der Waals surface area contributed by atoms with Gasteiger partial charge in [-0.15, -0.1) is 0 Å². The van der Waals surface area contributed by atoms with E-state index in [4.69, 9.17) is 4.74 Å². The summed E-state index contributed by atoms with van der Waals surface area (Å²) in [5, 5.41) is 12.6. The summed E-state index contributed by atoms with van der Waals surface area (Å²) in [5.41, 5.74) is 1.45. The van der Waals surface area contributed by atoms with Gasteiger partial charge in [-0.05, 0) is 52.1 Å². The number of aliphatic hydroxyl groups is 1. The van der Waals surface area contributed by atoms with Gasteiger partial charge in [-0.3, -0.25) is 9.59 Å². The molecule has 0 radical (unpaired) electrons. The molecule has 3 rings (SSSR count). The summed E-state index contributed by atoms with van der Waals surface area (Å²) in [6, 6.07) is 5.28. The molecule has 2 N–H and O–H groups in total. The van der Waals surface area contributed by atoms with Crippen molar-refractivity contribution >= 4 is 17.5 Å². The molecule has 0 spiro atoms. The highest BCUT2D eigenvalue weighted by atomic mass is 16.5. The summed E-state index contributed by atoms with van der Waals surface area (Å²) >= 11 is 0. The molecular formula is C22H33N3O4. The molecule has 160 valence electrons. The first-order valence-electron chi connectivity index (χ1n) is 10.4. The topological polar surface area (TPSA) is 82.1 Å². The summed E-state index contributed by atoms with van der Waals surface area (Å²) in [4.78, 5) is 29.0. The van der Waals surface area contributed by atoms with Gasteiger partial charge in [-0.2, -0.15) is 0 Å². The molecule has 0 bridgehead atoms. The predicted molar refractivity (Wildman–Crippen MR) is 112 cm³/mol. The van der Waals surface area contributed by atoms with Crippen molar-refractivity contribution in [3.8, 4) is 5.75 Å². The molecule has 1 aliphatic heterocycles. The lowest BCUT2D eigenvalue weighted by Gasteiger charge is -2.33. The van der Waals surface area contributed by atoms with Crippen LogP contribution in [0.5, 0.6) is 5.75 Å². The summed E-state index contributed by atoms with van der Waals surface area (Å²) < 4.78 is 6.37. The number of nitrogens with zero attached hydrogens (tertiary/aromatic N) is 2. The zero-order valence-electron chi connectivity index (χ0n) is 17.9. The van der Waals surface area contributed by atoms with Crippen LogP contribution in [0.4, 0.5) is 5.69 Å². The minimum absolute atomic E-state index is 0.0369. The van der Waals surface area contributed by atoms with Gasteiger partial charge in [0, 0.05) is 36.2 Å². The van der Waals surface area contributed by atoms with Crippen molar-refractivity contribution in [3.05, 3.63) is 23.8 Å². The highest BCUT2D eigenvalue weighted by molar-refractivity contribution is 5.94. The number of benzene rings is 1. The third-order valence-corrected chi connectivity index (χ3v) is 5.68. The van der Waals surface area contributed by atoms with Crippen LogP contribution in [-0.4, -0.2) is 72.7 Å². The number of fused-ring (bicyclic) bond motifs is 1. The largest absolute Gasteiger partial charge is 0.488 e. The van der Waals surface area contributed by atoms with E-state index < -0.39 is 0 Å². The average Bonchev–Trinajstić information content (AvgIpc) is 3.50. The van der Waals surface area contributed by atoms with Crippen LogP contribution in [-0.2, 0) is 16.0 Å². The fourth-order valence-electron chi connectivity index (χ4n) is 3.67. The van der Waals surface area contributed by atoms with Gasteiger partial charge in [0.1, 0.15) is 11.9 Å². The molecule has 2 amide bonds. The Labute approximate surface area is 173 Å². The maximum absolute atomic E-state index is 13.1. The monoisotopic (exact) mass is 403 g/mol. The maximum atomic E-state index is 13.1. The Hall–Kier alpha value is -2.12. The fourth-order valence-corrected chi connectivity index (χ4v) is 3.67. The molecule has 29 heavy (non-hydrogen) atoms. The molecule has 1 aromatic rings. The minimum atomic E-state index is -0.260. The standard InChI is InChI=1S/C22H33N3O4/c1-14-11-25(15(2)13-26)21(27)10-17-9-18(23-22(28)16-5-6-16)7-8-19(17)29-20(14)12-24(3)4/h7-9,14-16,20,26H,5-6,10-13H2,1-4H3,(H,23,28)/t14-,15-,20+/m1/s1. The molecule has 1 heterocycles. The molecule has 3 atom stereocenters. The molecule has 7 nitrogen and oxygen atoms in total. The summed E-state index contributed by atoms with van der Waals surface area (Å²) in [7, 11) is 4.00. The first-order valence-corrected chi connectivity index (χ1v) is 10.4. The van der Waals surface area contributed by atoms with Crippen LogP contribution < -0.4 is 10.1 Å². The van der Waals surface area contributed by atoms with Crippen LogP contribution >= 0.6 is 0 Å². The number of carbonyl (C=O) groups excluding carboxylic acids is 2. The highest BCUT2D eigenvalue weighted by Crippen LogP contribution is 2.32. The van der Waals surface area contributed by atoms with E-state index in [-0.39, 0.29) is 48.8 Å². The second-order valence-electron chi connectivity index (χ2n) is 8.74. The second-order valence-corrected chi connectivity index (χ2v) is 8.74. The van der Waals surface area contributed by atoms with Gasteiger partial charge in [0.15, 0.2) is 0 Å². The molecule has 0 saturated heterocycles. The van der Waals surface area contributed by atoms with Crippen LogP contribution in [0, 0.1) is 11.8 Å². The molecule has 1 saturated carbocycles. The van der Waals surface area contributed by atoms with Crippen molar-refractivity contribution in [2.75, 3.05) is 39.1 Å². The zero-order chi connectivity index (χ0) is 21.1. The van der Waals surface area contributed by atoms with Gasteiger partial charge < -0.3 is 25.0 Å². The van der Waals surface area contributed by atoms with Gasteiger partial charge in [0.05, 0.1) is 19.1 Å². The number of anilines is 1. The first-order chi connectivity index (χ1) is 13.8. The van der Waals surface area contributed by atoms with E-state index in [1.165, 1.54) is 0 Å². The molecule has 1 aliphatic carbocycles. The summed E-state index contributed by atoms with van der Waals surface area (Å²) in [5.74, 6) is 0.883. The van der Waals surface area contributed by atoms with Crippen molar-refractivity contribution in [1.82, 2.24) is 9.80 Å². The molecule has 1 aromatic carbocycles. The van der Waals surface area contributed by atoms with Crippen molar-refractivity contribution in [2.24, 2.45) is 11.8 Å². The van der Waals surface area contributed by atoms with Crippen LogP contribution in [0.2, 0.25) is 0 Å². The smallest absolute Gasteiger partial charge is 0.227 e. The molecule has 0 aromatic heterocycles. The van der Waals surface area contributed by atoms with E-state index >= 15 is 0 Å². The normalized spacial score (nSPS) is 23.5. The molecule has 2 aliphatic rings. The van der Waals surface area contributed by atoms with Gasteiger partial charge in [-0.1, -0.05) is 6.92 Å². The number of amides is 2. The third-order valence-electron chi connectivity index (χ3n) is 5.68. The van der Waals surface area contributed by atoms with Crippen LogP contribution in [0.1, 0.15) is 32.3 Å². The lowest BCUT2D eigenvalue weighted by Crippen LogP contribution is -2.47. The molecule has 1 fully saturated rings. The van der Waals surface area contributed by atoms with Crippen LogP contribution in [0.3, 0.4) is 0 Å². The van der Waals surface area contributed by atoms with Crippen molar-refractivity contribution in [1.29, 1.82) is 0 Å². The van der Waals surface area contributed by atoms with Gasteiger partial charge in [0.2, 0.25) is 11.8 Å². The van der Waals surface area contributed by atoms with Crippen LogP contribution in [0.15, 0.2) is 18.2 Å². The molecule has 7 heteroatoms. The van der Waals surface area contributed by atoms with E-state index in [0.717, 1.165) is 24.9 Å². The van der Waals surface area contributed by atoms with Gasteiger partial charge in [-0.25, -0.2) is 0 Å². The Morgan fingerprint density at radius 2 is 2.10 bits per heavy atom. The van der Waals surface area contributed by atoms with E-state index in [0.29, 0.717) is 18.0 Å². The van der Waals surface area contributed by atoms with E-state index in [2.05, 4.69) is 17.1 Å². The van der Waals surface area contributed by atoms with Gasteiger partial charge in [0.25, 0.3) is 0 Å². The number of ether oxygens (including phenoxy) is 1. The van der Waals surface area contributed by atoms with Crippen LogP contribution in [0.25, 0.3) is 0 Å². The average molecular weight is 404 g/mol. The Kier molecular flexibility index (Phi) is 6.80. The first kappa shape index (κ1) is 21.6. The second kappa shape index (κ2) is 9.13. The van der Waals surface area contributed by atoms with Gasteiger partial charge >= 0.3 is 0 Å². The number of hydrogen-bond acceptors (Lipinski definition) is 5. The Morgan fingerprint density at radius 1 is 1.38 bits per heavy atom. The number of nitrogens with one attached hydrogen (secondary N) is 1. The quantitative estimate of drug-likeness (QED) is 0.756. The summed E-state index contributed by atoms with van der Waals surface area (Å²) in [6.45, 7) is 5.10. The molecular weight excluding hydrogens is 370 g/mol. The van der Waals surface area contributed by atoms with Crippen molar-refractivity contribution in [2.45, 2.75) is 45.3 Å². The van der Waals surface area contributed by atoms with Crippen molar-refractivity contribution < 1.29 is 19.4 Å². The number of aliphatic hydroxyl groups excluding tert-OH is 1. The molecule has 0 unspecified atom stereocenters. The van der Waals surface area contributed by atoms with E-state index in [1.54, 1.807) is 4.90 Å². The lowest BCUT2D eigenvalue weighted by molar-refractivity contribution is -0.134. The number of carbonyl (C=O) groups is 2. The Bertz CT molecular complexity index is 748.